The summed E-state index contributed by atoms with van der Waals surface area (Å²) in [5.41, 5.74) is 6.57. The van der Waals surface area contributed by atoms with Crippen molar-refractivity contribution in [1.82, 2.24) is 20.0 Å². The minimum atomic E-state index is -2.65. The van der Waals surface area contributed by atoms with E-state index in [2.05, 4.69) is 15.7 Å². The van der Waals surface area contributed by atoms with Crippen molar-refractivity contribution in [2.75, 3.05) is 17.6 Å². The smallest absolute Gasteiger partial charge is 0.284 e. The number of halogens is 2. The zero-order valence-electron chi connectivity index (χ0n) is 23.6. The van der Waals surface area contributed by atoms with Crippen LogP contribution in [0, 0.1) is 5.92 Å². The van der Waals surface area contributed by atoms with Gasteiger partial charge in [-0.15, -0.1) is 0 Å². The quantitative estimate of drug-likeness (QED) is 0.236. The van der Waals surface area contributed by atoms with Crippen molar-refractivity contribution < 1.29 is 28.0 Å². The number of aromatic nitrogens is 2. The van der Waals surface area contributed by atoms with E-state index < -0.39 is 36.1 Å². The molecular formula is C30H38F2N6O4. The molecule has 1 aromatic heterocycles. The van der Waals surface area contributed by atoms with Crippen molar-refractivity contribution >= 4 is 35.0 Å². The van der Waals surface area contributed by atoms with E-state index in [9.17, 15) is 28.0 Å². The molecule has 5 rings (SSSR count). The summed E-state index contributed by atoms with van der Waals surface area (Å²) in [7, 11) is 0. The number of benzene rings is 1. The Kier molecular flexibility index (Phi) is 9.18. The molecule has 12 heteroatoms. The maximum absolute atomic E-state index is 13.2. The van der Waals surface area contributed by atoms with Crippen LogP contribution in [-0.2, 0) is 9.59 Å². The number of imide groups is 2. The first-order chi connectivity index (χ1) is 20.2. The molecular weight excluding hydrogens is 546 g/mol. The highest BCUT2D eigenvalue weighted by Gasteiger charge is 2.45. The van der Waals surface area contributed by atoms with Gasteiger partial charge < -0.3 is 11.1 Å². The Morgan fingerprint density at radius 2 is 1.71 bits per heavy atom. The van der Waals surface area contributed by atoms with E-state index in [0.717, 1.165) is 62.7 Å². The lowest BCUT2D eigenvalue weighted by Crippen LogP contribution is -2.54. The number of alkyl halides is 2. The molecule has 2 aliphatic heterocycles. The molecule has 4 amide bonds. The summed E-state index contributed by atoms with van der Waals surface area (Å²) < 4.78 is 27.6. The number of nitrogens with two attached hydrogens (primary N) is 1. The molecule has 1 saturated carbocycles. The van der Waals surface area contributed by atoms with E-state index in [1.54, 1.807) is 29.1 Å². The van der Waals surface area contributed by atoms with E-state index in [4.69, 9.17) is 5.73 Å². The Bertz CT molecular complexity index is 1340. The third-order valence-corrected chi connectivity index (χ3v) is 8.76. The molecule has 3 heterocycles. The molecule has 3 aliphatic rings. The third-order valence-electron chi connectivity index (χ3n) is 8.76. The first-order valence-corrected chi connectivity index (χ1v) is 15.0. The molecule has 10 nitrogen and oxygen atoms in total. The van der Waals surface area contributed by atoms with Crippen LogP contribution in [0.5, 0.6) is 0 Å². The molecule has 42 heavy (non-hydrogen) atoms. The summed E-state index contributed by atoms with van der Waals surface area (Å²) in [6.07, 6.45) is 9.65. The van der Waals surface area contributed by atoms with Crippen molar-refractivity contribution in [2.24, 2.45) is 5.92 Å². The normalized spacial score (nSPS) is 22.5. The summed E-state index contributed by atoms with van der Waals surface area (Å²) in [5, 5.41) is 9.53. The zero-order valence-corrected chi connectivity index (χ0v) is 23.6. The maximum atomic E-state index is 13.2. The molecule has 2 aromatic rings. The monoisotopic (exact) mass is 584 g/mol. The highest BCUT2D eigenvalue weighted by Crippen LogP contribution is 2.36. The van der Waals surface area contributed by atoms with Gasteiger partial charge in [-0.05, 0) is 56.6 Å². The van der Waals surface area contributed by atoms with Crippen molar-refractivity contribution in [3.8, 4) is 0 Å². The second kappa shape index (κ2) is 13.0. The van der Waals surface area contributed by atoms with Gasteiger partial charge in [0, 0.05) is 24.8 Å². The predicted molar refractivity (Wildman–Crippen MR) is 152 cm³/mol. The first-order valence-electron chi connectivity index (χ1n) is 15.0. The van der Waals surface area contributed by atoms with Gasteiger partial charge in [-0.3, -0.25) is 34.1 Å². The van der Waals surface area contributed by atoms with Gasteiger partial charge in [-0.2, -0.15) is 5.10 Å². The van der Waals surface area contributed by atoms with Gasteiger partial charge in [0.1, 0.15) is 6.04 Å². The lowest BCUT2D eigenvalue weighted by Gasteiger charge is -2.28. The Hall–Kier alpha value is -3.83. The first kappa shape index (κ1) is 29.7. The molecule has 1 atom stereocenters. The number of fused-ring (bicyclic) bond motifs is 1. The zero-order chi connectivity index (χ0) is 29.8. The molecule has 2 fully saturated rings. The highest BCUT2D eigenvalue weighted by molar-refractivity contribution is 6.25. The fourth-order valence-corrected chi connectivity index (χ4v) is 6.45. The number of nitrogen functional groups attached to an aromatic ring is 1. The number of nitrogens with one attached hydrogen (secondary N) is 2. The third kappa shape index (κ3) is 6.32. The van der Waals surface area contributed by atoms with Gasteiger partial charge >= 0.3 is 0 Å². The highest BCUT2D eigenvalue weighted by atomic mass is 19.3. The van der Waals surface area contributed by atoms with Crippen LogP contribution in [-0.4, -0.2) is 50.9 Å². The van der Waals surface area contributed by atoms with Gasteiger partial charge in [-0.1, -0.05) is 38.2 Å². The van der Waals surface area contributed by atoms with E-state index in [-0.39, 0.29) is 41.4 Å². The average molecular weight is 585 g/mol. The molecule has 226 valence electrons. The fourth-order valence-electron chi connectivity index (χ4n) is 6.45. The molecule has 1 aliphatic carbocycles. The Labute approximate surface area is 243 Å². The Morgan fingerprint density at radius 1 is 0.976 bits per heavy atom. The van der Waals surface area contributed by atoms with Crippen LogP contribution in [0.4, 0.5) is 20.2 Å². The summed E-state index contributed by atoms with van der Waals surface area (Å²) in [6, 6.07) is 4.25. The van der Waals surface area contributed by atoms with E-state index in [1.807, 2.05) is 0 Å². The van der Waals surface area contributed by atoms with Gasteiger partial charge in [0.25, 0.3) is 18.2 Å². The topological polar surface area (TPSA) is 139 Å². The van der Waals surface area contributed by atoms with Gasteiger partial charge in [0.05, 0.1) is 22.9 Å². The lowest BCUT2D eigenvalue weighted by molar-refractivity contribution is -0.136. The van der Waals surface area contributed by atoms with E-state index >= 15 is 0 Å². The maximum Gasteiger partial charge on any atom is 0.284 e. The number of nitrogens with zero attached hydrogens (tertiary/aromatic N) is 3. The lowest BCUT2D eigenvalue weighted by atomic mass is 9.83. The van der Waals surface area contributed by atoms with Crippen LogP contribution in [0.25, 0.3) is 0 Å². The number of unbranched alkanes of at least 4 members (excludes halogenated alkanes) is 4. The van der Waals surface area contributed by atoms with Crippen LogP contribution >= 0.6 is 0 Å². The molecule has 4 N–H and O–H groups in total. The van der Waals surface area contributed by atoms with Crippen LogP contribution < -0.4 is 16.4 Å². The average Bonchev–Trinajstić information content (AvgIpc) is 3.48. The number of hydrogen-bond acceptors (Lipinski definition) is 7. The van der Waals surface area contributed by atoms with E-state index in [0.29, 0.717) is 18.2 Å². The minimum absolute atomic E-state index is 0.0648. The SMILES string of the molecule is Nc1cn([C@H]2CC[C@H](CCCCCCCNc3cccc4c3C(=O)N(C3CCC(=O)NC3=O)C4=O)CC2)nc1C(F)F. The Balaban J connectivity index is 0.991. The van der Waals surface area contributed by atoms with Crippen LogP contribution in [0.15, 0.2) is 24.4 Å². The molecule has 0 bridgehead atoms. The molecule has 1 unspecified atom stereocenters. The number of carbonyl (C=O) groups excluding carboxylic acids is 4. The summed E-state index contributed by atoms with van der Waals surface area (Å²) in [4.78, 5) is 50.9. The summed E-state index contributed by atoms with van der Waals surface area (Å²) in [5.74, 6) is -1.37. The standard InChI is InChI=1S/C30H38F2N6O4/c31-27(32)26-21(33)17-37(36-26)19-12-10-18(11-13-19)7-4-2-1-3-5-16-34-22-9-6-8-20-25(22)30(42)38(29(20)41)23-14-15-24(39)35-28(23)40/h6,8-9,17-19,23,27,34H,1-5,7,10-16,33H2,(H,35,39,40)/t18-,19-,23?. The number of piperidine rings is 1. The van der Waals surface area contributed by atoms with Crippen LogP contribution in [0.3, 0.4) is 0 Å². The number of rotatable bonds is 12. The largest absolute Gasteiger partial charge is 0.396 e. The van der Waals surface area contributed by atoms with Crippen molar-refractivity contribution in [3.05, 3.63) is 41.2 Å². The number of hydrogen-bond donors (Lipinski definition) is 3. The second-order valence-corrected chi connectivity index (χ2v) is 11.6. The van der Waals surface area contributed by atoms with Gasteiger partial charge in [0.15, 0.2) is 5.69 Å². The Morgan fingerprint density at radius 3 is 2.43 bits per heavy atom. The van der Waals surface area contributed by atoms with Gasteiger partial charge in [0.2, 0.25) is 11.8 Å². The van der Waals surface area contributed by atoms with Crippen LogP contribution in [0.1, 0.15) is 116 Å². The minimum Gasteiger partial charge on any atom is -0.396 e. The number of carbonyl (C=O) groups is 4. The van der Waals surface area contributed by atoms with Gasteiger partial charge in [-0.25, -0.2) is 8.78 Å². The molecule has 0 radical (unpaired) electrons. The van der Waals surface area contributed by atoms with Crippen molar-refractivity contribution in [1.29, 1.82) is 0 Å². The van der Waals surface area contributed by atoms with Crippen LogP contribution in [0.2, 0.25) is 0 Å². The second-order valence-electron chi connectivity index (χ2n) is 11.6. The van der Waals surface area contributed by atoms with E-state index in [1.165, 1.54) is 6.42 Å². The molecule has 0 spiro atoms. The predicted octanol–water partition coefficient (Wildman–Crippen LogP) is 4.99. The fraction of sp³-hybridized carbons (Fsp3) is 0.567. The molecule has 1 aromatic carbocycles. The molecule has 1 saturated heterocycles. The number of anilines is 2. The summed E-state index contributed by atoms with van der Waals surface area (Å²) in [6.45, 7) is 0.658. The van der Waals surface area contributed by atoms with Crippen molar-refractivity contribution in [3.63, 3.8) is 0 Å². The summed E-state index contributed by atoms with van der Waals surface area (Å²) >= 11 is 0. The number of amides is 4. The van der Waals surface area contributed by atoms with Crippen molar-refractivity contribution in [2.45, 2.75) is 95.6 Å².